The molecule has 0 aliphatic rings. The van der Waals surface area contributed by atoms with Crippen molar-refractivity contribution in [1.29, 1.82) is 0 Å². The van der Waals surface area contributed by atoms with E-state index in [1.54, 1.807) is 12.4 Å². The second-order valence-electron chi connectivity index (χ2n) is 6.13. The number of nitrogens with zero attached hydrogens (tertiary/aromatic N) is 4. The number of ether oxygens (including phenoxy) is 2. The Bertz CT molecular complexity index is 911. The van der Waals surface area contributed by atoms with Crippen molar-refractivity contribution in [2.24, 2.45) is 0 Å². The molecule has 146 valence electrons. The Hall–Kier alpha value is -2.87. The summed E-state index contributed by atoms with van der Waals surface area (Å²) in [5, 5.41) is 9.24. The number of aromatic nitrogens is 4. The number of pyridine rings is 1. The Morgan fingerprint density at radius 2 is 1.82 bits per heavy atom. The monoisotopic (exact) mass is 398 g/mol. The van der Waals surface area contributed by atoms with E-state index in [0.717, 1.165) is 17.0 Å². The van der Waals surface area contributed by atoms with E-state index in [1.807, 2.05) is 61.7 Å². The first kappa shape index (κ1) is 19.9. The summed E-state index contributed by atoms with van der Waals surface area (Å²) in [7, 11) is 0. The van der Waals surface area contributed by atoms with E-state index >= 15 is 0 Å². The molecule has 3 rings (SSSR count). The van der Waals surface area contributed by atoms with Crippen molar-refractivity contribution < 1.29 is 14.3 Å². The van der Waals surface area contributed by atoms with E-state index in [0.29, 0.717) is 17.6 Å². The Morgan fingerprint density at radius 3 is 2.46 bits per heavy atom. The average molecular weight is 398 g/mol. The molecule has 28 heavy (non-hydrogen) atoms. The number of esters is 1. The van der Waals surface area contributed by atoms with E-state index < -0.39 is 0 Å². The molecule has 0 spiro atoms. The predicted octanol–water partition coefficient (Wildman–Crippen LogP) is 3.77. The fourth-order valence-electron chi connectivity index (χ4n) is 2.56. The SMILES string of the molecule is CCOc1ccc(-n2c(SCC(=O)OC(C)C)nnc2-c2ccncc2)cc1. The summed E-state index contributed by atoms with van der Waals surface area (Å²) in [5.74, 6) is 1.33. The molecule has 0 unspecified atom stereocenters. The fraction of sp³-hybridized carbons (Fsp3) is 0.300. The summed E-state index contributed by atoms with van der Waals surface area (Å²) in [6, 6.07) is 11.4. The number of carbonyl (C=O) groups excluding carboxylic acids is 1. The first-order valence-corrected chi connectivity index (χ1v) is 9.98. The van der Waals surface area contributed by atoms with Crippen LogP contribution in [0.5, 0.6) is 5.75 Å². The molecule has 0 atom stereocenters. The lowest BCUT2D eigenvalue weighted by Gasteiger charge is -2.12. The van der Waals surface area contributed by atoms with Crippen LogP contribution in [0, 0.1) is 0 Å². The standard InChI is InChI=1S/C20H22N4O3S/c1-4-26-17-7-5-16(6-8-17)24-19(15-9-11-21-12-10-15)22-23-20(24)28-13-18(25)27-14(2)3/h5-12,14H,4,13H2,1-3H3. The number of rotatable bonds is 8. The van der Waals surface area contributed by atoms with Gasteiger partial charge in [-0.1, -0.05) is 11.8 Å². The molecule has 2 heterocycles. The van der Waals surface area contributed by atoms with E-state index in [4.69, 9.17) is 9.47 Å². The van der Waals surface area contributed by atoms with Crippen LogP contribution in [0.25, 0.3) is 17.1 Å². The Morgan fingerprint density at radius 1 is 1.11 bits per heavy atom. The number of carbonyl (C=O) groups is 1. The van der Waals surface area contributed by atoms with Gasteiger partial charge >= 0.3 is 5.97 Å². The second kappa shape index (κ2) is 9.36. The molecule has 0 radical (unpaired) electrons. The normalized spacial score (nSPS) is 10.9. The molecular formula is C20H22N4O3S. The van der Waals surface area contributed by atoms with Crippen LogP contribution in [0.3, 0.4) is 0 Å². The first-order chi connectivity index (χ1) is 13.6. The molecule has 0 fully saturated rings. The van der Waals surface area contributed by atoms with Crippen LogP contribution in [0.15, 0.2) is 53.9 Å². The summed E-state index contributed by atoms with van der Waals surface area (Å²) in [6.07, 6.45) is 3.27. The van der Waals surface area contributed by atoms with Gasteiger partial charge in [-0.25, -0.2) is 0 Å². The van der Waals surface area contributed by atoms with Crippen molar-refractivity contribution in [2.45, 2.75) is 32.0 Å². The molecule has 0 amide bonds. The number of thioether (sulfide) groups is 1. The second-order valence-corrected chi connectivity index (χ2v) is 7.07. The van der Waals surface area contributed by atoms with Gasteiger partial charge in [0.25, 0.3) is 0 Å². The predicted molar refractivity (Wildman–Crippen MR) is 108 cm³/mol. The van der Waals surface area contributed by atoms with Crippen LogP contribution >= 0.6 is 11.8 Å². The van der Waals surface area contributed by atoms with E-state index in [-0.39, 0.29) is 17.8 Å². The number of benzene rings is 1. The zero-order valence-electron chi connectivity index (χ0n) is 16.0. The maximum atomic E-state index is 11.9. The molecule has 1 aromatic carbocycles. The van der Waals surface area contributed by atoms with Crippen LogP contribution in [0.4, 0.5) is 0 Å². The highest BCUT2D eigenvalue weighted by Crippen LogP contribution is 2.28. The first-order valence-electron chi connectivity index (χ1n) is 8.99. The minimum absolute atomic E-state index is 0.149. The lowest BCUT2D eigenvalue weighted by Crippen LogP contribution is -2.13. The highest BCUT2D eigenvalue weighted by atomic mass is 32.2. The fourth-order valence-corrected chi connectivity index (χ4v) is 3.30. The molecule has 3 aromatic rings. The van der Waals surface area contributed by atoms with Crippen LogP contribution in [0.1, 0.15) is 20.8 Å². The van der Waals surface area contributed by atoms with E-state index in [1.165, 1.54) is 11.8 Å². The van der Waals surface area contributed by atoms with Crippen molar-refractivity contribution in [3.05, 3.63) is 48.8 Å². The minimum Gasteiger partial charge on any atom is -0.494 e. The Balaban J connectivity index is 1.94. The quantitative estimate of drug-likeness (QED) is 0.422. The van der Waals surface area contributed by atoms with Crippen molar-refractivity contribution in [3.8, 4) is 22.8 Å². The van der Waals surface area contributed by atoms with Crippen molar-refractivity contribution in [1.82, 2.24) is 19.7 Å². The molecule has 0 bridgehead atoms. The molecule has 8 heteroatoms. The van der Waals surface area contributed by atoms with Gasteiger partial charge in [-0.15, -0.1) is 10.2 Å². The van der Waals surface area contributed by atoms with Gasteiger partial charge in [0.2, 0.25) is 0 Å². The van der Waals surface area contributed by atoms with Crippen LogP contribution in [-0.4, -0.2) is 44.2 Å². The van der Waals surface area contributed by atoms with Gasteiger partial charge in [-0.05, 0) is 57.2 Å². The maximum absolute atomic E-state index is 11.9. The maximum Gasteiger partial charge on any atom is 0.316 e. The van der Waals surface area contributed by atoms with Gasteiger partial charge in [-0.2, -0.15) is 0 Å². The van der Waals surface area contributed by atoms with Gasteiger partial charge in [0.1, 0.15) is 5.75 Å². The van der Waals surface area contributed by atoms with Gasteiger partial charge in [-0.3, -0.25) is 14.3 Å². The Kier molecular flexibility index (Phi) is 6.65. The lowest BCUT2D eigenvalue weighted by molar-refractivity contribution is -0.144. The van der Waals surface area contributed by atoms with E-state index in [9.17, 15) is 4.79 Å². The van der Waals surface area contributed by atoms with Crippen molar-refractivity contribution >= 4 is 17.7 Å². The third-order valence-corrected chi connectivity index (χ3v) is 4.57. The summed E-state index contributed by atoms with van der Waals surface area (Å²) < 4.78 is 12.6. The van der Waals surface area contributed by atoms with Gasteiger partial charge < -0.3 is 9.47 Å². The molecule has 0 saturated heterocycles. The minimum atomic E-state index is -0.285. The van der Waals surface area contributed by atoms with Gasteiger partial charge in [0.15, 0.2) is 11.0 Å². The molecule has 0 saturated carbocycles. The largest absolute Gasteiger partial charge is 0.494 e. The number of hydrogen-bond acceptors (Lipinski definition) is 7. The average Bonchev–Trinajstić information content (AvgIpc) is 3.11. The van der Waals surface area contributed by atoms with Crippen molar-refractivity contribution in [3.63, 3.8) is 0 Å². The van der Waals surface area contributed by atoms with Gasteiger partial charge in [0, 0.05) is 23.6 Å². The van der Waals surface area contributed by atoms with Crippen LogP contribution in [-0.2, 0) is 9.53 Å². The smallest absolute Gasteiger partial charge is 0.316 e. The zero-order chi connectivity index (χ0) is 19.9. The molecule has 7 nitrogen and oxygen atoms in total. The highest BCUT2D eigenvalue weighted by molar-refractivity contribution is 7.99. The summed E-state index contributed by atoms with van der Waals surface area (Å²) >= 11 is 1.29. The topological polar surface area (TPSA) is 79.1 Å². The third-order valence-electron chi connectivity index (χ3n) is 3.66. The van der Waals surface area contributed by atoms with Crippen LogP contribution in [0.2, 0.25) is 0 Å². The molecule has 2 aromatic heterocycles. The summed E-state index contributed by atoms with van der Waals surface area (Å²) in [6.45, 7) is 6.20. The summed E-state index contributed by atoms with van der Waals surface area (Å²) in [4.78, 5) is 16.0. The van der Waals surface area contributed by atoms with Gasteiger partial charge in [0.05, 0.1) is 18.5 Å². The lowest BCUT2D eigenvalue weighted by atomic mass is 10.2. The highest BCUT2D eigenvalue weighted by Gasteiger charge is 2.18. The molecule has 0 aliphatic carbocycles. The zero-order valence-corrected chi connectivity index (χ0v) is 16.8. The van der Waals surface area contributed by atoms with Crippen LogP contribution < -0.4 is 4.74 Å². The molecule has 0 N–H and O–H groups in total. The molecule has 0 aliphatic heterocycles. The van der Waals surface area contributed by atoms with Crippen molar-refractivity contribution in [2.75, 3.05) is 12.4 Å². The molecular weight excluding hydrogens is 376 g/mol. The number of hydrogen-bond donors (Lipinski definition) is 0. The summed E-state index contributed by atoms with van der Waals surface area (Å²) in [5.41, 5.74) is 1.76. The Labute approximate surface area is 168 Å². The van der Waals surface area contributed by atoms with E-state index in [2.05, 4.69) is 15.2 Å². The third kappa shape index (κ3) is 4.89.